The standard InChI is InChI=1S/C13H10Cl2O3/c1-2-3-11(16)9-5-7-4-8(14)6-10(15)12(7)18-13(9)17/h4-6H,2-3H2,1H3. The minimum atomic E-state index is -0.662. The van der Waals surface area contributed by atoms with Crippen LogP contribution in [0.2, 0.25) is 10.0 Å². The molecule has 0 amide bonds. The summed E-state index contributed by atoms with van der Waals surface area (Å²) in [4.78, 5) is 23.5. The van der Waals surface area contributed by atoms with Crippen molar-refractivity contribution < 1.29 is 9.21 Å². The first-order valence-electron chi connectivity index (χ1n) is 5.49. The molecule has 0 bridgehead atoms. The Morgan fingerprint density at radius 2 is 2.00 bits per heavy atom. The van der Waals surface area contributed by atoms with E-state index in [1.807, 2.05) is 6.92 Å². The topological polar surface area (TPSA) is 47.3 Å². The zero-order chi connectivity index (χ0) is 13.3. The molecule has 2 rings (SSSR count). The van der Waals surface area contributed by atoms with Gasteiger partial charge in [-0.15, -0.1) is 0 Å². The van der Waals surface area contributed by atoms with Crippen molar-refractivity contribution in [3.63, 3.8) is 0 Å². The molecule has 0 N–H and O–H groups in total. The molecule has 0 radical (unpaired) electrons. The molecule has 0 fully saturated rings. The fourth-order valence-electron chi connectivity index (χ4n) is 1.71. The van der Waals surface area contributed by atoms with Crippen molar-refractivity contribution in [1.29, 1.82) is 0 Å². The van der Waals surface area contributed by atoms with Crippen LogP contribution >= 0.6 is 23.2 Å². The van der Waals surface area contributed by atoms with Crippen LogP contribution in [0.1, 0.15) is 30.1 Å². The van der Waals surface area contributed by atoms with E-state index >= 15 is 0 Å². The number of carbonyl (C=O) groups excluding carboxylic acids is 1. The third kappa shape index (κ3) is 2.42. The molecule has 0 saturated heterocycles. The lowest BCUT2D eigenvalue weighted by Crippen LogP contribution is -2.13. The lowest BCUT2D eigenvalue weighted by Gasteiger charge is -2.03. The Labute approximate surface area is 113 Å². The molecule has 0 aliphatic carbocycles. The van der Waals surface area contributed by atoms with Gasteiger partial charge < -0.3 is 4.42 Å². The SMILES string of the molecule is CCCC(=O)c1cc2cc(Cl)cc(Cl)c2oc1=O. The number of rotatable bonds is 3. The van der Waals surface area contributed by atoms with Crippen LogP contribution in [0.4, 0.5) is 0 Å². The zero-order valence-electron chi connectivity index (χ0n) is 9.63. The van der Waals surface area contributed by atoms with Crippen LogP contribution in [0.15, 0.2) is 27.4 Å². The van der Waals surface area contributed by atoms with Crippen molar-refractivity contribution in [3.05, 3.63) is 44.2 Å². The summed E-state index contributed by atoms with van der Waals surface area (Å²) in [5.41, 5.74) is -0.369. The minimum Gasteiger partial charge on any atom is -0.421 e. The number of benzene rings is 1. The van der Waals surface area contributed by atoms with Crippen molar-refractivity contribution in [1.82, 2.24) is 0 Å². The molecule has 5 heteroatoms. The van der Waals surface area contributed by atoms with Crippen LogP contribution in [0.5, 0.6) is 0 Å². The second kappa shape index (κ2) is 5.12. The number of fused-ring (bicyclic) bond motifs is 1. The van der Waals surface area contributed by atoms with E-state index in [0.717, 1.165) is 0 Å². The van der Waals surface area contributed by atoms with E-state index in [1.54, 1.807) is 6.07 Å². The Morgan fingerprint density at radius 1 is 1.28 bits per heavy atom. The number of hydrogen-bond acceptors (Lipinski definition) is 3. The maximum Gasteiger partial charge on any atom is 0.347 e. The summed E-state index contributed by atoms with van der Waals surface area (Å²) >= 11 is 11.8. The molecular formula is C13H10Cl2O3. The molecular weight excluding hydrogens is 275 g/mol. The van der Waals surface area contributed by atoms with Crippen molar-refractivity contribution in [3.8, 4) is 0 Å². The van der Waals surface area contributed by atoms with Crippen molar-refractivity contribution in [2.75, 3.05) is 0 Å². The van der Waals surface area contributed by atoms with E-state index < -0.39 is 5.63 Å². The van der Waals surface area contributed by atoms with Gasteiger partial charge in [0.25, 0.3) is 0 Å². The highest BCUT2D eigenvalue weighted by atomic mass is 35.5. The Kier molecular flexibility index (Phi) is 3.73. The molecule has 1 aromatic heterocycles. The number of halogens is 2. The smallest absolute Gasteiger partial charge is 0.347 e. The van der Waals surface area contributed by atoms with Crippen LogP contribution in [0.25, 0.3) is 11.0 Å². The first-order valence-corrected chi connectivity index (χ1v) is 6.24. The fourth-order valence-corrected chi connectivity index (χ4v) is 2.26. The average molecular weight is 285 g/mol. The summed E-state index contributed by atoms with van der Waals surface area (Å²) in [7, 11) is 0. The van der Waals surface area contributed by atoms with E-state index in [1.165, 1.54) is 12.1 Å². The average Bonchev–Trinajstić information content (AvgIpc) is 2.29. The maximum absolute atomic E-state index is 11.8. The summed E-state index contributed by atoms with van der Waals surface area (Å²) < 4.78 is 5.08. The van der Waals surface area contributed by atoms with Gasteiger partial charge in [0.2, 0.25) is 0 Å². The summed E-state index contributed by atoms with van der Waals surface area (Å²) in [6.07, 6.45) is 0.983. The number of ketones is 1. The van der Waals surface area contributed by atoms with Gasteiger partial charge in [-0.2, -0.15) is 0 Å². The van der Waals surface area contributed by atoms with Gasteiger partial charge in [-0.1, -0.05) is 30.1 Å². The number of carbonyl (C=O) groups is 1. The zero-order valence-corrected chi connectivity index (χ0v) is 11.1. The molecule has 1 heterocycles. The van der Waals surface area contributed by atoms with Gasteiger partial charge in [-0.25, -0.2) is 4.79 Å². The number of hydrogen-bond donors (Lipinski definition) is 0. The fraction of sp³-hybridized carbons (Fsp3) is 0.231. The molecule has 3 nitrogen and oxygen atoms in total. The van der Waals surface area contributed by atoms with Gasteiger partial charge >= 0.3 is 5.63 Å². The second-order valence-electron chi connectivity index (χ2n) is 3.93. The maximum atomic E-state index is 11.8. The van der Waals surface area contributed by atoms with E-state index in [9.17, 15) is 9.59 Å². The highest BCUT2D eigenvalue weighted by Crippen LogP contribution is 2.27. The predicted molar refractivity (Wildman–Crippen MR) is 71.7 cm³/mol. The van der Waals surface area contributed by atoms with E-state index in [2.05, 4.69) is 0 Å². The van der Waals surface area contributed by atoms with Crippen molar-refractivity contribution in [2.24, 2.45) is 0 Å². The molecule has 0 aliphatic rings. The van der Waals surface area contributed by atoms with Gasteiger partial charge in [-0.3, -0.25) is 4.79 Å². The van der Waals surface area contributed by atoms with Crippen molar-refractivity contribution in [2.45, 2.75) is 19.8 Å². The summed E-state index contributed by atoms with van der Waals surface area (Å²) in [5.74, 6) is -0.232. The molecule has 0 unspecified atom stereocenters. The monoisotopic (exact) mass is 284 g/mol. The molecule has 0 atom stereocenters. The Bertz CT molecular complexity index is 674. The Balaban J connectivity index is 2.68. The highest BCUT2D eigenvalue weighted by Gasteiger charge is 2.14. The summed E-state index contributed by atoms with van der Waals surface area (Å²) in [6.45, 7) is 1.87. The first-order chi connectivity index (χ1) is 8.52. The molecule has 0 aliphatic heterocycles. The van der Waals surface area contributed by atoms with Crippen molar-refractivity contribution >= 4 is 40.0 Å². The normalized spacial score (nSPS) is 10.8. The molecule has 1 aromatic carbocycles. The van der Waals surface area contributed by atoms with E-state index in [4.69, 9.17) is 27.6 Å². The predicted octanol–water partition coefficient (Wildman–Crippen LogP) is 4.08. The molecule has 18 heavy (non-hydrogen) atoms. The van der Waals surface area contributed by atoms with Gasteiger partial charge in [-0.05, 0) is 24.6 Å². The van der Waals surface area contributed by atoms with Gasteiger partial charge in [0.05, 0.1) is 5.02 Å². The third-order valence-electron chi connectivity index (χ3n) is 2.53. The van der Waals surface area contributed by atoms with Gasteiger partial charge in [0.15, 0.2) is 11.4 Å². The Morgan fingerprint density at radius 3 is 2.67 bits per heavy atom. The summed E-state index contributed by atoms with van der Waals surface area (Å²) in [6, 6.07) is 4.58. The van der Waals surface area contributed by atoms with Crippen LogP contribution in [0.3, 0.4) is 0 Å². The second-order valence-corrected chi connectivity index (χ2v) is 4.77. The lowest BCUT2D eigenvalue weighted by molar-refractivity contribution is 0.0978. The molecule has 0 saturated carbocycles. The largest absolute Gasteiger partial charge is 0.421 e. The van der Waals surface area contributed by atoms with Crippen LogP contribution in [0, 0.1) is 0 Å². The van der Waals surface area contributed by atoms with Gasteiger partial charge in [0.1, 0.15) is 5.56 Å². The quantitative estimate of drug-likeness (QED) is 0.630. The van der Waals surface area contributed by atoms with Gasteiger partial charge in [0, 0.05) is 16.8 Å². The Hall–Kier alpha value is -1.32. The minimum absolute atomic E-state index is 0.0442. The van der Waals surface area contributed by atoms with Crippen LogP contribution < -0.4 is 5.63 Å². The van der Waals surface area contributed by atoms with Crippen LogP contribution in [-0.2, 0) is 0 Å². The first kappa shape index (κ1) is 13.1. The van der Waals surface area contributed by atoms with Crippen LogP contribution in [-0.4, -0.2) is 5.78 Å². The highest BCUT2D eigenvalue weighted by molar-refractivity contribution is 6.38. The molecule has 2 aromatic rings. The lowest BCUT2D eigenvalue weighted by atomic mass is 10.1. The molecule has 94 valence electrons. The van der Waals surface area contributed by atoms with E-state index in [-0.39, 0.29) is 22.0 Å². The molecule has 0 spiro atoms. The number of Topliss-reactive ketones (excluding diaryl/α,β-unsaturated/α-hetero) is 1. The van der Waals surface area contributed by atoms with E-state index in [0.29, 0.717) is 23.3 Å². The third-order valence-corrected chi connectivity index (χ3v) is 3.03. The summed E-state index contributed by atoms with van der Waals surface area (Å²) in [5, 5.41) is 1.23.